The van der Waals surface area contributed by atoms with Crippen molar-refractivity contribution in [3.8, 4) is 0 Å². The molecule has 0 saturated heterocycles. The number of benzene rings is 1. The molecule has 4 atom stereocenters. The van der Waals surface area contributed by atoms with Crippen LogP contribution in [0.15, 0.2) is 24.3 Å². The molecule has 0 radical (unpaired) electrons. The summed E-state index contributed by atoms with van der Waals surface area (Å²) in [5.41, 5.74) is 7.57. The minimum Gasteiger partial charge on any atom is -0.322 e. The first-order chi connectivity index (χ1) is 8.54. The van der Waals surface area contributed by atoms with Crippen LogP contribution in [0.25, 0.3) is 0 Å². The van der Waals surface area contributed by atoms with E-state index in [1.165, 1.54) is 31.2 Å². The largest absolute Gasteiger partial charge is 0.322 e. The molecule has 0 aliphatic heterocycles. The summed E-state index contributed by atoms with van der Waals surface area (Å²) < 4.78 is 0. The number of hydrogen-bond donors (Lipinski definition) is 1. The van der Waals surface area contributed by atoms with Crippen LogP contribution in [0.2, 0.25) is 5.02 Å². The van der Waals surface area contributed by atoms with Gasteiger partial charge in [0.15, 0.2) is 0 Å². The first-order valence-corrected chi connectivity index (χ1v) is 7.47. The zero-order valence-electron chi connectivity index (χ0n) is 11.0. The van der Waals surface area contributed by atoms with Crippen molar-refractivity contribution >= 4 is 11.6 Å². The number of hydrogen-bond acceptors (Lipinski definition) is 1. The van der Waals surface area contributed by atoms with Crippen molar-refractivity contribution in [3.05, 3.63) is 34.9 Å². The zero-order valence-corrected chi connectivity index (χ0v) is 11.8. The molecule has 3 rings (SSSR count). The zero-order chi connectivity index (χ0) is 12.8. The lowest BCUT2D eigenvalue weighted by Gasteiger charge is -2.32. The molecule has 98 valence electrons. The van der Waals surface area contributed by atoms with Gasteiger partial charge >= 0.3 is 0 Å². The summed E-state index contributed by atoms with van der Waals surface area (Å²) >= 11 is 5.94. The fourth-order valence-electron chi connectivity index (χ4n) is 4.12. The van der Waals surface area contributed by atoms with Gasteiger partial charge in [0.05, 0.1) is 0 Å². The van der Waals surface area contributed by atoms with Gasteiger partial charge in [-0.05, 0) is 68.1 Å². The maximum absolute atomic E-state index is 6.56. The van der Waals surface area contributed by atoms with E-state index in [1.54, 1.807) is 0 Å². The van der Waals surface area contributed by atoms with Crippen molar-refractivity contribution in [1.82, 2.24) is 0 Å². The second-order valence-corrected chi connectivity index (χ2v) is 7.00. The monoisotopic (exact) mass is 263 g/mol. The third-order valence-corrected chi connectivity index (χ3v) is 5.33. The van der Waals surface area contributed by atoms with E-state index in [4.69, 9.17) is 17.3 Å². The standard InChI is InChI=1S/C16H22ClN/c1-16(18,14-4-6-15(17)7-5-14)10-13-9-11-2-3-12(13)8-11/h4-7,11-13H,2-3,8-10,18H2,1H3. The highest BCUT2D eigenvalue weighted by molar-refractivity contribution is 6.30. The van der Waals surface area contributed by atoms with Crippen LogP contribution in [0.5, 0.6) is 0 Å². The van der Waals surface area contributed by atoms with Gasteiger partial charge in [-0.3, -0.25) is 0 Å². The summed E-state index contributed by atoms with van der Waals surface area (Å²) in [5, 5.41) is 0.787. The Bertz CT molecular complexity index is 423. The van der Waals surface area contributed by atoms with Gasteiger partial charge in [-0.1, -0.05) is 30.2 Å². The first kappa shape index (κ1) is 12.5. The highest BCUT2D eigenvalue weighted by Gasteiger charge is 2.41. The molecule has 2 aliphatic rings. The Morgan fingerprint density at radius 1 is 1.22 bits per heavy atom. The quantitative estimate of drug-likeness (QED) is 0.863. The van der Waals surface area contributed by atoms with Crippen LogP contribution in [0, 0.1) is 17.8 Å². The summed E-state index contributed by atoms with van der Waals surface area (Å²) in [6.07, 6.45) is 6.89. The Kier molecular flexibility index (Phi) is 3.15. The molecule has 4 unspecified atom stereocenters. The van der Waals surface area contributed by atoms with E-state index in [2.05, 4.69) is 19.1 Å². The Morgan fingerprint density at radius 2 is 1.94 bits per heavy atom. The molecule has 2 saturated carbocycles. The van der Waals surface area contributed by atoms with E-state index in [1.807, 2.05) is 12.1 Å². The summed E-state index contributed by atoms with van der Waals surface area (Å²) in [5.74, 6) is 2.79. The predicted octanol–water partition coefficient (Wildman–Crippen LogP) is 4.34. The maximum atomic E-state index is 6.56. The smallest absolute Gasteiger partial charge is 0.0406 e. The van der Waals surface area contributed by atoms with Gasteiger partial charge in [-0.25, -0.2) is 0 Å². The molecular formula is C16H22ClN. The number of halogens is 1. The summed E-state index contributed by atoms with van der Waals surface area (Å²) in [6.45, 7) is 2.17. The fourth-order valence-corrected chi connectivity index (χ4v) is 4.25. The van der Waals surface area contributed by atoms with Crippen molar-refractivity contribution in [2.75, 3.05) is 0 Å². The van der Waals surface area contributed by atoms with Crippen LogP contribution in [0.1, 0.15) is 44.6 Å². The molecule has 0 heterocycles. The molecule has 1 aromatic carbocycles. The molecular weight excluding hydrogens is 242 g/mol. The lowest BCUT2D eigenvalue weighted by molar-refractivity contribution is 0.253. The van der Waals surface area contributed by atoms with Crippen LogP contribution in [0.4, 0.5) is 0 Å². The Labute approximate surface area is 115 Å². The van der Waals surface area contributed by atoms with Gasteiger partial charge in [0.25, 0.3) is 0 Å². The number of rotatable bonds is 3. The van der Waals surface area contributed by atoms with Crippen LogP contribution in [0.3, 0.4) is 0 Å². The number of nitrogens with two attached hydrogens (primary N) is 1. The normalized spacial score (nSPS) is 33.6. The summed E-state index contributed by atoms with van der Waals surface area (Å²) in [6, 6.07) is 8.05. The van der Waals surface area contributed by atoms with Gasteiger partial charge < -0.3 is 5.73 Å². The van der Waals surface area contributed by atoms with Crippen molar-refractivity contribution in [2.24, 2.45) is 23.5 Å². The average molecular weight is 264 g/mol. The second-order valence-electron chi connectivity index (χ2n) is 6.56. The highest BCUT2D eigenvalue weighted by atomic mass is 35.5. The topological polar surface area (TPSA) is 26.0 Å². The molecule has 0 spiro atoms. The first-order valence-electron chi connectivity index (χ1n) is 7.09. The maximum Gasteiger partial charge on any atom is 0.0406 e. The van der Waals surface area contributed by atoms with E-state index in [0.717, 1.165) is 29.2 Å². The molecule has 0 amide bonds. The highest BCUT2D eigenvalue weighted by Crippen LogP contribution is 2.51. The van der Waals surface area contributed by atoms with E-state index in [9.17, 15) is 0 Å². The van der Waals surface area contributed by atoms with Crippen LogP contribution < -0.4 is 5.73 Å². The minimum absolute atomic E-state index is 0.209. The molecule has 2 N–H and O–H groups in total. The molecule has 1 nitrogen and oxygen atoms in total. The molecule has 2 fully saturated rings. The number of fused-ring (bicyclic) bond motifs is 2. The molecule has 0 aromatic heterocycles. The van der Waals surface area contributed by atoms with Crippen molar-refractivity contribution in [2.45, 2.75) is 44.6 Å². The van der Waals surface area contributed by atoms with E-state index < -0.39 is 0 Å². The van der Waals surface area contributed by atoms with E-state index in [0.29, 0.717) is 0 Å². The Hall–Kier alpha value is -0.530. The van der Waals surface area contributed by atoms with Gasteiger partial charge in [0.2, 0.25) is 0 Å². The Morgan fingerprint density at radius 3 is 2.50 bits per heavy atom. The lowest BCUT2D eigenvalue weighted by Crippen LogP contribution is -2.36. The predicted molar refractivity (Wildman–Crippen MR) is 76.5 cm³/mol. The molecule has 2 bridgehead atoms. The van der Waals surface area contributed by atoms with E-state index in [-0.39, 0.29) is 5.54 Å². The summed E-state index contributed by atoms with van der Waals surface area (Å²) in [7, 11) is 0. The molecule has 2 aliphatic carbocycles. The van der Waals surface area contributed by atoms with Crippen molar-refractivity contribution in [1.29, 1.82) is 0 Å². The lowest BCUT2D eigenvalue weighted by atomic mass is 9.77. The molecule has 1 aromatic rings. The SMILES string of the molecule is CC(N)(CC1CC2CCC1C2)c1ccc(Cl)cc1. The van der Waals surface area contributed by atoms with Crippen LogP contribution in [-0.2, 0) is 5.54 Å². The van der Waals surface area contributed by atoms with Gasteiger partial charge in [0.1, 0.15) is 0 Å². The molecule has 2 heteroatoms. The average Bonchev–Trinajstić information content (AvgIpc) is 2.91. The molecule has 18 heavy (non-hydrogen) atoms. The summed E-state index contributed by atoms with van der Waals surface area (Å²) in [4.78, 5) is 0. The van der Waals surface area contributed by atoms with Crippen LogP contribution >= 0.6 is 11.6 Å². The van der Waals surface area contributed by atoms with Gasteiger partial charge in [-0.15, -0.1) is 0 Å². The Balaban J connectivity index is 1.72. The van der Waals surface area contributed by atoms with Crippen LogP contribution in [-0.4, -0.2) is 0 Å². The second kappa shape index (κ2) is 4.54. The fraction of sp³-hybridized carbons (Fsp3) is 0.625. The third kappa shape index (κ3) is 2.31. The van der Waals surface area contributed by atoms with Crippen molar-refractivity contribution in [3.63, 3.8) is 0 Å². The third-order valence-electron chi connectivity index (χ3n) is 5.07. The minimum atomic E-state index is -0.209. The van der Waals surface area contributed by atoms with Gasteiger partial charge in [-0.2, -0.15) is 0 Å². The van der Waals surface area contributed by atoms with E-state index >= 15 is 0 Å². The van der Waals surface area contributed by atoms with Crippen molar-refractivity contribution < 1.29 is 0 Å². The van der Waals surface area contributed by atoms with Gasteiger partial charge in [0, 0.05) is 10.6 Å².